The van der Waals surface area contributed by atoms with Gasteiger partial charge in [-0.3, -0.25) is 4.79 Å². The number of hydrogen-bond acceptors (Lipinski definition) is 4. The number of pyridine rings is 1. The molecule has 2 aromatic heterocycles. The van der Waals surface area contributed by atoms with Crippen molar-refractivity contribution in [3.63, 3.8) is 0 Å². The lowest BCUT2D eigenvalue weighted by molar-refractivity contribution is 0.0499. The van der Waals surface area contributed by atoms with Crippen LogP contribution in [0.15, 0.2) is 48.8 Å². The van der Waals surface area contributed by atoms with E-state index in [0.29, 0.717) is 29.2 Å². The van der Waals surface area contributed by atoms with Crippen molar-refractivity contribution in [2.45, 2.75) is 26.7 Å². The summed E-state index contributed by atoms with van der Waals surface area (Å²) in [4.78, 5) is 28.8. The SMILES string of the molecule is CCCCOC(=O)c1cccc(NC(=O)c2cn3ccc(C)cc3n2)c1. The number of nitrogens with zero attached hydrogens (tertiary/aromatic N) is 2. The molecule has 0 radical (unpaired) electrons. The molecule has 1 amide bonds. The zero-order chi connectivity index (χ0) is 18.5. The molecule has 3 rings (SSSR count). The summed E-state index contributed by atoms with van der Waals surface area (Å²) in [5, 5.41) is 2.77. The summed E-state index contributed by atoms with van der Waals surface area (Å²) in [6.07, 6.45) is 5.33. The summed E-state index contributed by atoms with van der Waals surface area (Å²) < 4.78 is 6.99. The van der Waals surface area contributed by atoms with E-state index in [0.717, 1.165) is 18.4 Å². The number of benzene rings is 1. The van der Waals surface area contributed by atoms with Gasteiger partial charge >= 0.3 is 5.97 Å². The summed E-state index contributed by atoms with van der Waals surface area (Å²) >= 11 is 0. The molecule has 1 aromatic carbocycles. The second-order valence-corrected chi connectivity index (χ2v) is 6.12. The largest absolute Gasteiger partial charge is 0.462 e. The fraction of sp³-hybridized carbons (Fsp3) is 0.250. The monoisotopic (exact) mass is 351 g/mol. The smallest absolute Gasteiger partial charge is 0.338 e. The van der Waals surface area contributed by atoms with Crippen molar-refractivity contribution in [1.29, 1.82) is 0 Å². The zero-order valence-corrected chi connectivity index (χ0v) is 14.9. The Morgan fingerprint density at radius 3 is 2.88 bits per heavy atom. The van der Waals surface area contributed by atoms with Crippen LogP contribution >= 0.6 is 0 Å². The van der Waals surface area contributed by atoms with Crippen molar-refractivity contribution >= 4 is 23.2 Å². The molecule has 0 unspecified atom stereocenters. The number of fused-ring (bicyclic) bond motifs is 1. The Morgan fingerprint density at radius 2 is 2.08 bits per heavy atom. The van der Waals surface area contributed by atoms with E-state index in [1.54, 1.807) is 34.9 Å². The molecule has 0 spiro atoms. The van der Waals surface area contributed by atoms with Gasteiger partial charge in [0.05, 0.1) is 12.2 Å². The molecule has 6 nitrogen and oxygen atoms in total. The molecular weight excluding hydrogens is 330 g/mol. The van der Waals surface area contributed by atoms with Crippen LogP contribution < -0.4 is 5.32 Å². The van der Waals surface area contributed by atoms with Crippen LogP contribution in [0.1, 0.15) is 46.2 Å². The van der Waals surface area contributed by atoms with E-state index < -0.39 is 5.97 Å². The first-order valence-electron chi connectivity index (χ1n) is 8.60. The number of ether oxygens (including phenoxy) is 1. The lowest BCUT2D eigenvalue weighted by atomic mass is 10.2. The van der Waals surface area contributed by atoms with Gasteiger partial charge < -0.3 is 14.5 Å². The van der Waals surface area contributed by atoms with E-state index in [-0.39, 0.29) is 5.91 Å². The highest BCUT2D eigenvalue weighted by Gasteiger charge is 2.13. The van der Waals surface area contributed by atoms with Gasteiger partial charge in [0.1, 0.15) is 11.3 Å². The Balaban J connectivity index is 1.72. The Labute approximate surface area is 151 Å². The van der Waals surface area contributed by atoms with Crippen molar-refractivity contribution in [3.05, 3.63) is 65.6 Å². The second kappa shape index (κ2) is 7.82. The average molecular weight is 351 g/mol. The molecule has 26 heavy (non-hydrogen) atoms. The molecule has 6 heteroatoms. The maximum absolute atomic E-state index is 12.5. The van der Waals surface area contributed by atoms with Crippen molar-refractivity contribution in [1.82, 2.24) is 9.38 Å². The number of unbranched alkanes of at least 4 members (excludes halogenated alkanes) is 1. The topological polar surface area (TPSA) is 72.7 Å². The highest BCUT2D eigenvalue weighted by molar-refractivity contribution is 6.03. The van der Waals surface area contributed by atoms with Gasteiger partial charge in [0.25, 0.3) is 5.91 Å². The zero-order valence-electron chi connectivity index (χ0n) is 14.9. The first-order valence-corrected chi connectivity index (χ1v) is 8.60. The third-order valence-corrected chi connectivity index (χ3v) is 3.94. The Bertz CT molecular complexity index is 946. The molecule has 0 bridgehead atoms. The number of rotatable bonds is 6. The lowest BCUT2D eigenvalue weighted by Crippen LogP contribution is -2.13. The molecule has 0 atom stereocenters. The molecule has 0 aliphatic rings. The number of esters is 1. The molecule has 0 fully saturated rings. The molecule has 0 saturated carbocycles. The van der Waals surface area contributed by atoms with Crippen LogP contribution in [0, 0.1) is 6.92 Å². The van der Waals surface area contributed by atoms with E-state index in [1.165, 1.54) is 0 Å². The minimum Gasteiger partial charge on any atom is -0.462 e. The number of imidazole rings is 1. The predicted molar refractivity (Wildman–Crippen MR) is 99.5 cm³/mol. The lowest BCUT2D eigenvalue weighted by Gasteiger charge is -2.07. The Kier molecular flexibility index (Phi) is 5.31. The molecule has 2 heterocycles. The summed E-state index contributed by atoms with van der Waals surface area (Å²) in [5.41, 5.74) is 3.02. The van der Waals surface area contributed by atoms with Crippen LogP contribution in [0.25, 0.3) is 5.65 Å². The number of amides is 1. The molecule has 3 aromatic rings. The highest BCUT2D eigenvalue weighted by Crippen LogP contribution is 2.14. The number of nitrogens with one attached hydrogen (secondary N) is 1. The third-order valence-electron chi connectivity index (χ3n) is 3.94. The minimum absolute atomic E-state index is 0.312. The van der Waals surface area contributed by atoms with Crippen LogP contribution in [-0.4, -0.2) is 27.9 Å². The van der Waals surface area contributed by atoms with Crippen LogP contribution in [-0.2, 0) is 4.74 Å². The van der Waals surface area contributed by atoms with E-state index in [4.69, 9.17) is 4.74 Å². The summed E-state index contributed by atoms with van der Waals surface area (Å²) in [5.74, 6) is -0.722. The molecule has 1 N–H and O–H groups in total. The Morgan fingerprint density at radius 1 is 1.23 bits per heavy atom. The Hall–Kier alpha value is -3.15. The quantitative estimate of drug-likeness (QED) is 0.541. The molecule has 134 valence electrons. The van der Waals surface area contributed by atoms with Gasteiger partial charge in [-0.05, 0) is 49.2 Å². The average Bonchev–Trinajstić information content (AvgIpc) is 3.05. The van der Waals surface area contributed by atoms with Gasteiger partial charge in [0.2, 0.25) is 0 Å². The first kappa shape index (κ1) is 17.7. The number of hydrogen-bond donors (Lipinski definition) is 1. The van der Waals surface area contributed by atoms with Crippen molar-refractivity contribution in [2.24, 2.45) is 0 Å². The number of anilines is 1. The second-order valence-electron chi connectivity index (χ2n) is 6.12. The number of aryl methyl sites for hydroxylation is 1. The number of carbonyl (C=O) groups excluding carboxylic acids is 2. The van der Waals surface area contributed by atoms with Crippen molar-refractivity contribution in [2.75, 3.05) is 11.9 Å². The van der Waals surface area contributed by atoms with Gasteiger partial charge in [0.15, 0.2) is 0 Å². The summed E-state index contributed by atoms with van der Waals surface area (Å²) in [6, 6.07) is 10.6. The standard InChI is InChI=1S/C20H21N3O3/c1-3-4-10-26-20(25)15-6-5-7-16(12-15)21-19(24)17-13-23-9-8-14(2)11-18(23)22-17/h5-9,11-13H,3-4,10H2,1-2H3,(H,21,24). The van der Waals surface area contributed by atoms with Crippen LogP contribution in [0.3, 0.4) is 0 Å². The fourth-order valence-electron chi connectivity index (χ4n) is 2.50. The summed E-state index contributed by atoms with van der Waals surface area (Å²) in [6.45, 7) is 4.40. The van der Waals surface area contributed by atoms with Crippen LogP contribution in [0.4, 0.5) is 5.69 Å². The fourth-order valence-corrected chi connectivity index (χ4v) is 2.50. The van der Waals surface area contributed by atoms with Gasteiger partial charge in [-0.2, -0.15) is 0 Å². The molecule has 0 saturated heterocycles. The predicted octanol–water partition coefficient (Wildman–Crippen LogP) is 3.85. The van der Waals surface area contributed by atoms with E-state index in [1.807, 2.05) is 32.2 Å². The van der Waals surface area contributed by atoms with Gasteiger partial charge in [0, 0.05) is 18.1 Å². The van der Waals surface area contributed by atoms with Crippen molar-refractivity contribution in [3.8, 4) is 0 Å². The molecule has 0 aliphatic heterocycles. The van der Waals surface area contributed by atoms with Gasteiger partial charge in [-0.25, -0.2) is 9.78 Å². The van der Waals surface area contributed by atoms with Crippen LogP contribution in [0.5, 0.6) is 0 Å². The van der Waals surface area contributed by atoms with Crippen molar-refractivity contribution < 1.29 is 14.3 Å². The van der Waals surface area contributed by atoms with E-state index >= 15 is 0 Å². The highest BCUT2D eigenvalue weighted by atomic mass is 16.5. The van der Waals surface area contributed by atoms with E-state index in [9.17, 15) is 9.59 Å². The molecule has 0 aliphatic carbocycles. The van der Waals surface area contributed by atoms with E-state index in [2.05, 4.69) is 10.3 Å². The number of carbonyl (C=O) groups is 2. The summed E-state index contributed by atoms with van der Waals surface area (Å²) in [7, 11) is 0. The maximum atomic E-state index is 12.5. The first-order chi connectivity index (χ1) is 12.6. The molecular formula is C20H21N3O3. The van der Waals surface area contributed by atoms with Gasteiger partial charge in [-0.15, -0.1) is 0 Å². The number of aromatic nitrogens is 2. The minimum atomic E-state index is -0.391. The maximum Gasteiger partial charge on any atom is 0.338 e. The third kappa shape index (κ3) is 4.08. The van der Waals surface area contributed by atoms with Gasteiger partial charge in [-0.1, -0.05) is 19.4 Å². The normalized spacial score (nSPS) is 10.7. The van der Waals surface area contributed by atoms with Crippen LogP contribution in [0.2, 0.25) is 0 Å².